The van der Waals surface area contributed by atoms with E-state index in [4.69, 9.17) is 45.6 Å². The Morgan fingerprint density at radius 2 is 0.500 bits per heavy atom. The zero-order valence-electron chi connectivity index (χ0n) is 64.9. The van der Waals surface area contributed by atoms with E-state index in [-0.39, 0.29) is 176 Å². The molecule has 0 bridgehead atoms. The fourth-order valence-corrected chi connectivity index (χ4v) is 11.4. The number of esters is 2. The molecule has 0 fully saturated rings. The van der Waals surface area contributed by atoms with Crippen LogP contribution in [0.1, 0.15) is 310 Å². The van der Waals surface area contributed by atoms with E-state index in [1.54, 1.807) is 0 Å². The quantitative estimate of drug-likeness (QED) is 0.0279. The van der Waals surface area contributed by atoms with Gasteiger partial charge in [-0.15, -0.1) is 0 Å². The van der Waals surface area contributed by atoms with Crippen molar-refractivity contribution in [2.45, 2.75) is 310 Å². The summed E-state index contributed by atoms with van der Waals surface area (Å²) in [5.41, 5.74) is 15.0. The van der Waals surface area contributed by atoms with Crippen molar-refractivity contribution in [1.29, 1.82) is 0 Å². The first-order valence-electron chi connectivity index (χ1n) is 39.8. The molecule has 596 valence electrons. The number of methoxy groups -OCH3 is 2. The van der Waals surface area contributed by atoms with Crippen LogP contribution in [0.5, 0.6) is 0 Å². The Kier molecular flexibility index (Phi) is 71.7. The Morgan fingerprint density at radius 3 is 0.775 bits per heavy atom. The molecule has 23 heteroatoms. The third-order valence-electron chi connectivity index (χ3n) is 17.8. The predicted molar refractivity (Wildman–Crippen MR) is 402 cm³/mol. The summed E-state index contributed by atoms with van der Waals surface area (Å²) in [6.07, 6.45) is 33.3. The first-order valence-corrected chi connectivity index (χ1v) is 39.8. The molecule has 0 unspecified atom stereocenters. The highest BCUT2D eigenvalue weighted by atomic mass is 16.5. The molecule has 0 heterocycles. The Hall–Kier alpha value is -4.46. The molecular weight excluding hydrogens is 1310 g/mol. The van der Waals surface area contributed by atoms with Gasteiger partial charge in [0, 0.05) is 127 Å². The highest BCUT2D eigenvalue weighted by molar-refractivity contribution is 5.81. The van der Waals surface area contributed by atoms with Gasteiger partial charge >= 0.3 is 11.9 Å². The maximum Gasteiger partial charge on any atom is 0.305 e. The van der Waals surface area contributed by atoms with Gasteiger partial charge in [0.1, 0.15) is 34.7 Å². The fourth-order valence-electron chi connectivity index (χ4n) is 11.4. The van der Waals surface area contributed by atoms with E-state index in [2.05, 4.69) is 40.9 Å². The zero-order chi connectivity index (χ0) is 75.7. The monoisotopic (exact) mass is 1450 g/mol. The van der Waals surface area contributed by atoms with Gasteiger partial charge < -0.3 is 65.7 Å². The molecule has 8 N–H and O–H groups in total. The molecule has 0 atom stereocenters. The van der Waals surface area contributed by atoms with Crippen LogP contribution in [0, 0.1) is 10.8 Å². The zero-order valence-corrected chi connectivity index (χ0v) is 64.9. The number of nitrogens with two attached hydrogens (primary N) is 3. The first-order chi connectivity index (χ1) is 49.4. The van der Waals surface area contributed by atoms with Crippen molar-refractivity contribution in [3.8, 4) is 0 Å². The van der Waals surface area contributed by atoms with Crippen molar-refractivity contribution < 1.29 is 85.8 Å². The molecule has 102 heavy (non-hydrogen) atoms. The molecule has 0 saturated heterocycles. The SMILES string of the molecule is CCCCCC(=O)CCOCC(COCCC(=O)CCCCC)(COCCC(=O)NCCCC)CC(=O)CCCCCCCCCCC(=O)OC.COC(=O)CCCCCCCCCCC(=O)CC(COCCC(=O)CCCCN)(COCCC(=O)CCCCN)COCCC(=O)NCCCN. The van der Waals surface area contributed by atoms with Crippen molar-refractivity contribution in [3.63, 3.8) is 0 Å². The molecule has 23 nitrogen and oxygen atoms in total. The minimum Gasteiger partial charge on any atom is -0.469 e. The predicted octanol–water partition coefficient (Wildman–Crippen LogP) is 12.5. The number of hydrogen-bond acceptors (Lipinski definition) is 21. The van der Waals surface area contributed by atoms with E-state index in [0.29, 0.717) is 103 Å². The summed E-state index contributed by atoms with van der Waals surface area (Å²) >= 11 is 0. The number of unbranched alkanes of at least 4 members (excludes halogenated alkanes) is 21. The molecule has 0 saturated carbocycles. The maximum atomic E-state index is 13.4. The number of carbonyl (C=O) groups is 10. The van der Waals surface area contributed by atoms with Crippen LogP contribution in [0.3, 0.4) is 0 Å². The van der Waals surface area contributed by atoms with Crippen LogP contribution in [-0.2, 0) is 85.8 Å². The third kappa shape index (κ3) is 66.2. The van der Waals surface area contributed by atoms with E-state index in [1.807, 2.05) is 0 Å². The van der Waals surface area contributed by atoms with Gasteiger partial charge in [-0.25, -0.2) is 0 Å². The topological polar surface area (TPSA) is 347 Å². The molecule has 2 amide bonds. The molecule has 0 aromatic rings. The fraction of sp³-hybridized carbons (Fsp3) is 0.873. The Balaban J connectivity index is 0. The van der Waals surface area contributed by atoms with E-state index in [0.717, 1.165) is 180 Å². The van der Waals surface area contributed by atoms with Gasteiger partial charge in [-0.3, -0.25) is 47.9 Å². The van der Waals surface area contributed by atoms with Gasteiger partial charge in [0.05, 0.1) is 93.5 Å². The van der Waals surface area contributed by atoms with Gasteiger partial charge in [0.15, 0.2) is 0 Å². The largest absolute Gasteiger partial charge is 0.469 e. The van der Waals surface area contributed by atoms with Gasteiger partial charge in [0.25, 0.3) is 0 Å². The van der Waals surface area contributed by atoms with Gasteiger partial charge in [-0.05, 0) is 96.7 Å². The second-order valence-electron chi connectivity index (χ2n) is 27.8. The lowest BCUT2D eigenvalue weighted by Crippen LogP contribution is -2.40. The molecule has 0 aliphatic heterocycles. The summed E-state index contributed by atoms with van der Waals surface area (Å²) in [5.74, 6) is 0.218. The summed E-state index contributed by atoms with van der Waals surface area (Å²) in [6.45, 7) is 11.3. The van der Waals surface area contributed by atoms with Gasteiger partial charge in [0.2, 0.25) is 11.8 Å². The third-order valence-corrected chi connectivity index (χ3v) is 17.8. The number of rotatable bonds is 78. The number of hydrogen-bond donors (Lipinski definition) is 5. The van der Waals surface area contributed by atoms with Crippen LogP contribution in [0.25, 0.3) is 0 Å². The molecule has 0 radical (unpaired) electrons. The smallest absolute Gasteiger partial charge is 0.305 e. The standard InChI is InChI=1S/C41H75NO9.C38H72N4O9/c1-5-8-17-21-36(43)25-29-49-33-41(34-50-30-26-37(44)22-18-9-6-2,35-51-31-27-39(46)42-28-10-7-3)32-38(45)23-19-15-13-11-12-14-16-20-24-40(47)48-4;1-48-37(47)18-9-7-5-3-2-4-6-8-17-35(45)29-38(30-49-26-19-33(43)15-10-12-22-39,31-50-27-20-34(44)16-11-13-23-40)32-51-28-21-36(46)42-25-14-24-41/h5-35H2,1-4H3,(H,42,46);2-32,39-41H2,1H3,(H,42,46). The summed E-state index contributed by atoms with van der Waals surface area (Å²) < 4.78 is 45.6. The van der Waals surface area contributed by atoms with E-state index < -0.39 is 10.8 Å². The number of carbonyl (C=O) groups excluding carboxylic acids is 10. The lowest BCUT2D eigenvalue weighted by molar-refractivity contribution is -0.141. The van der Waals surface area contributed by atoms with Crippen LogP contribution in [0.15, 0.2) is 0 Å². The molecular formula is C79H147N5O18. The molecule has 0 rings (SSSR count). The Morgan fingerprint density at radius 1 is 0.265 bits per heavy atom. The molecule has 0 aliphatic carbocycles. The van der Waals surface area contributed by atoms with Crippen LogP contribution in [-0.4, -0.2) is 185 Å². The number of ether oxygens (including phenoxy) is 8. The normalized spacial score (nSPS) is 11.5. The Labute approximate surface area is 616 Å². The molecule has 0 aliphatic rings. The minimum absolute atomic E-state index is 0.0676. The number of amides is 2. The molecule has 0 spiro atoms. The summed E-state index contributed by atoms with van der Waals surface area (Å²) in [4.78, 5) is 123. The lowest BCUT2D eigenvalue weighted by atomic mass is 9.83. The van der Waals surface area contributed by atoms with E-state index in [1.165, 1.54) is 14.2 Å². The van der Waals surface area contributed by atoms with Crippen LogP contribution in [0.2, 0.25) is 0 Å². The van der Waals surface area contributed by atoms with Gasteiger partial charge in [-0.1, -0.05) is 130 Å². The second kappa shape index (κ2) is 73.4. The molecule has 0 aromatic heterocycles. The van der Waals surface area contributed by atoms with Crippen molar-refractivity contribution in [1.82, 2.24) is 10.6 Å². The summed E-state index contributed by atoms with van der Waals surface area (Å²) in [6, 6.07) is 0. The van der Waals surface area contributed by atoms with Crippen LogP contribution >= 0.6 is 0 Å². The summed E-state index contributed by atoms with van der Waals surface area (Å²) in [7, 11) is 2.83. The average molecular weight is 1460 g/mol. The van der Waals surface area contributed by atoms with E-state index >= 15 is 0 Å². The number of nitrogens with one attached hydrogen (secondary N) is 2. The number of ketones is 6. The second-order valence-corrected chi connectivity index (χ2v) is 27.8. The lowest BCUT2D eigenvalue weighted by Gasteiger charge is -2.33. The number of Topliss-reactive ketones (excluding diaryl/α,β-unsaturated/α-hetero) is 6. The molecule has 0 aromatic carbocycles. The van der Waals surface area contributed by atoms with Crippen LogP contribution < -0.4 is 27.8 Å². The minimum atomic E-state index is -0.845. The summed E-state index contributed by atoms with van der Waals surface area (Å²) in [5, 5.41) is 5.72. The van der Waals surface area contributed by atoms with E-state index in [9.17, 15) is 47.9 Å². The first kappa shape index (κ1) is 99.6. The Bertz CT molecular complexity index is 1820. The highest BCUT2D eigenvalue weighted by Crippen LogP contribution is 2.29. The van der Waals surface area contributed by atoms with Crippen molar-refractivity contribution in [2.24, 2.45) is 28.0 Å². The maximum absolute atomic E-state index is 13.4. The average Bonchev–Trinajstić information content (AvgIpc) is 0.865. The highest BCUT2D eigenvalue weighted by Gasteiger charge is 2.36. The van der Waals surface area contributed by atoms with Crippen LogP contribution in [0.4, 0.5) is 0 Å². The van der Waals surface area contributed by atoms with Crippen molar-refractivity contribution >= 4 is 58.5 Å². The van der Waals surface area contributed by atoms with Crippen molar-refractivity contribution in [3.05, 3.63) is 0 Å². The van der Waals surface area contributed by atoms with Gasteiger partial charge in [-0.2, -0.15) is 0 Å². The van der Waals surface area contributed by atoms with Crippen molar-refractivity contribution in [2.75, 3.05) is 126 Å².